The first kappa shape index (κ1) is 13.0. The van der Waals surface area contributed by atoms with E-state index in [-0.39, 0.29) is 6.04 Å². The maximum absolute atomic E-state index is 11.0. The van der Waals surface area contributed by atoms with Gasteiger partial charge in [0.1, 0.15) is 0 Å². The number of guanidine groups is 1. The minimum absolute atomic E-state index is 0.105. The van der Waals surface area contributed by atoms with E-state index in [1.165, 1.54) is 0 Å². The Labute approximate surface area is 100 Å². The number of nitrogens with one attached hydrogen (secondary N) is 2. The summed E-state index contributed by atoms with van der Waals surface area (Å²) in [7, 11) is 0. The van der Waals surface area contributed by atoms with Gasteiger partial charge in [0.15, 0.2) is 0 Å². The van der Waals surface area contributed by atoms with Crippen molar-refractivity contribution in [1.29, 1.82) is 0 Å². The molecule has 17 heavy (non-hydrogen) atoms. The molecule has 92 valence electrons. The summed E-state index contributed by atoms with van der Waals surface area (Å²) in [6, 6.07) is 6.90. The molecule has 0 saturated carbocycles. The summed E-state index contributed by atoms with van der Waals surface area (Å²) in [5, 5.41) is 2.96. The van der Waals surface area contributed by atoms with Crippen LogP contribution in [0, 0.1) is 0 Å². The van der Waals surface area contributed by atoms with Crippen molar-refractivity contribution in [1.82, 2.24) is 5.43 Å². The zero-order valence-electron chi connectivity index (χ0n) is 9.90. The van der Waals surface area contributed by atoms with Crippen molar-refractivity contribution in [2.45, 2.75) is 19.9 Å². The van der Waals surface area contributed by atoms with E-state index in [4.69, 9.17) is 11.6 Å². The van der Waals surface area contributed by atoms with Crippen LogP contribution in [0.2, 0.25) is 0 Å². The van der Waals surface area contributed by atoms with Gasteiger partial charge in [0.2, 0.25) is 11.9 Å². The Morgan fingerprint density at radius 3 is 2.65 bits per heavy atom. The Morgan fingerprint density at radius 2 is 2.12 bits per heavy atom. The molecule has 0 aromatic heterocycles. The van der Waals surface area contributed by atoms with Crippen molar-refractivity contribution in [3.63, 3.8) is 0 Å². The molecule has 0 radical (unpaired) electrons. The molecule has 0 heterocycles. The second kappa shape index (κ2) is 5.86. The van der Waals surface area contributed by atoms with E-state index in [1.54, 1.807) is 24.3 Å². The fraction of sp³-hybridized carbons (Fsp3) is 0.273. The van der Waals surface area contributed by atoms with E-state index in [2.05, 4.69) is 15.7 Å². The van der Waals surface area contributed by atoms with Crippen molar-refractivity contribution in [2.75, 3.05) is 5.32 Å². The molecule has 0 aliphatic heterocycles. The lowest BCUT2D eigenvalue weighted by Gasteiger charge is -2.10. The highest BCUT2D eigenvalue weighted by Crippen LogP contribution is 2.10. The van der Waals surface area contributed by atoms with Crippen molar-refractivity contribution >= 4 is 17.6 Å². The third-order valence-electron chi connectivity index (χ3n) is 1.93. The van der Waals surface area contributed by atoms with Crippen molar-refractivity contribution in [2.24, 2.45) is 16.6 Å². The highest BCUT2D eigenvalue weighted by molar-refractivity contribution is 5.97. The smallest absolute Gasteiger partial charge is 0.248 e. The van der Waals surface area contributed by atoms with Gasteiger partial charge in [0.25, 0.3) is 0 Å². The molecule has 0 fully saturated rings. The van der Waals surface area contributed by atoms with Gasteiger partial charge in [-0.2, -0.15) is 0 Å². The van der Waals surface area contributed by atoms with Gasteiger partial charge in [-0.15, -0.1) is 0 Å². The number of nitrogens with two attached hydrogens (primary N) is 2. The quantitative estimate of drug-likeness (QED) is 0.264. The molecule has 1 rings (SSSR count). The molecular formula is C11H17N5O. The second-order valence-corrected chi connectivity index (χ2v) is 3.79. The van der Waals surface area contributed by atoms with Gasteiger partial charge in [0, 0.05) is 17.3 Å². The summed E-state index contributed by atoms with van der Waals surface area (Å²) in [4.78, 5) is 15.2. The number of nitrogens with zero attached hydrogens (tertiary/aromatic N) is 1. The molecule has 1 amide bonds. The zero-order valence-corrected chi connectivity index (χ0v) is 9.90. The molecule has 0 bridgehead atoms. The van der Waals surface area contributed by atoms with Crippen LogP contribution in [-0.4, -0.2) is 17.9 Å². The van der Waals surface area contributed by atoms with Gasteiger partial charge in [-0.1, -0.05) is 6.07 Å². The molecule has 1 aromatic carbocycles. The standard InChI is InChI=1S/C11H17N5O/c1-7(2)14-11(16-13)15-9-5-3-4-8(6-9)10(12)17/h3-7H,13H2,1-2H3,(H2,12,17)(H2,14,15,16). The van der Waals surface area contributed by atoms with Crippen LogP contribution in [0.25, 0.3) is 0 Å². The average Bonchev–Trinajstić information content (AvgIpc) is 2.28. The van der Waals surface area contributed by atoms with Gasteiger partial charge in [-0.3, -0.25) is 10.2 Å². The highest BCUT2D eigenvalue weighted by Gasteiger charge is 2.03. The van der Waals surface area contributed by atoms with Crippen molar-refractivity contribution < 1.29 is 4.79 Å². The summed E-state index contributed by atoms with van der Waals surface area (Å²) in [5.41, 5.74) is 8.76. The Morgan fingerprint density at radius 1 is 1.41 bits per heavy atom. The van der Waals surface area contributed by atoms with Crippen molar-refractivity contribution in [3.8, 4) is 0 Å². The van der Waals surface area contributed by atoms with E-state index in [0.29, 0.717) is 17.2 Å². The predicted octanol–water partition coefficient (Wildman–Crippen LogP) is 0.425. The largest absolute Gasteiger partial charge is 0.366 e. The van der Waals surface area contributed by atoms with E-state index < -0.39 is 5.91 Å². The maximum atomic E-state index is 11.0. The van der Waals surface area contributed by atoms with E-state index in [1.807, 2.05) is 13.8 Å². The first-order valence-electron chi connectivity index (χ1n) is 5.24. The van der Waals surface area contributed by atoms with E-state index in [0.717, 1.165) is 0 Å². The van der Waals surface area contributed by atoms with Gasteiger partial charge in [-0.25, -0.2) is 10.8 Å². The lowest BCUT2D eigenvalue weighted by Crippen LogP contribution is -2.37. The number of carbonyl (C=O) groups is 1. The Balaban J connectivity index is 2.87. The van der Waals surface area contributed by atoms with Crippen LogP contribution in [0.3, 0.4) is 0 Å². The number of amides is 1. The molecule has 6 heteroatoms. The van der Waals surface area contributed by atoms with Crippen LogP contribution >= 0.6 is 0 Å². The molecule has 6 nitrogen and oxygen atoms in total. The van der Waals surface area contributed by atoms with Gasteiger partial charge in [0.05, 0.1) is 0 Å². The summed E-state index contributed by atoms with van der Waals surface area (Å²) in [6.07, 6.45) is 0. The molecular weight excluding hydrogens is 218 g/mol. The summed E-state index contributed by atoms with van der Waals surface area (Å²) in [6.45, 7) is 3.86. The lowest BCUT2D eigenvalue weighted by molar-refractivity contribution is 0.100. The number of benzene rings is 1. The van der Waals surface area contributed by atoms with Gasteiger partial charge in [-0.05, 0) is 32.0 Å². The van der Waals surface area contributed by atoms with E-state index in [9.17, 15) is 4.79 Å². The Hall–Kier alpha value is -2.08. The molecule has 0 saturated heterocycles. The molecule has 0 spiro atoms. The summed E-state index contributed by atoms with van der Waals surface area (Å²) >= 11 is 0. The van der Waals surface area contributed by atoms with Gasteiger partial charge >= 0.3 is 0 Å². The number of primary amides is 1. The highest BCUT2D eigenvalue weighted by atomic mass is 16.1. The first-order chi connectivity index (χ1) is 8.02. The van der Waals surface area contributed by atoms with Crippen molar-refractivity contribution in [3.05, 3.63) is 29.8 Å². The maximum Gasteiger partial charge on any atom is 0.248 e. The third kappa shape index (κ3) is 4.12. The van der Waals surface area contributed by atoms with Crippen LogP contribution in [0.1, 0.15) is 24.2 Å². The zero-order chi connectivity index (χ0) is 12.8. The van der Waals surface area contributed by atoms with Gasteiger partial charge < -0.3 is 11.1 Å². The first-order valence-corrected chi connectivity index (χ1v) is 5.24. The monoisotopic (exact) mass is 235 g/mol. The topological polar surface area (TPSA) is 106 Å². The predicted molar refractivity (Wildman–Crippen MR) is 68.5 cm³/mol. The van der Waals surface area contributed by atoms with Crippen LogP contribution in [0.5, 0.6) is 0 Å². The fourth-order valence-electron chi connectivity index (χ4n) is 1.25. The minimum Gasteiger partial charge on any atom is -0.366 e. The number of carbonyl (C=O) groups excluding carboxylic acids is 1. The molecule has 0 atom stereocenters. The van der Waals surface area contributed by atoms with E-state index >= 15 is 0 Å². The number of rotatable bonds is 3. The molecule has 1 aromatic rings. The Kier molecular flexibility index (Phi) is 4.47. The lowest BCUT2D eigenvalue weighted by atomic mass is 10.2. The minimum atomic E-state index is -0.475. The van der Waals surface area contributed by atoms with Crippen LogP contribution in [0.4, 0.5) is 5.69 Å². The third-order valence-corrected chi connectivity index (χ3v) is 1.93. The number of aliphatic imine (C=N–C) groups is 1. The van der Waals surface area contributed by atoms with Crippen LogP contribution in [0.15, 0.2) is 29.3 Å². The number of anilines is 1. The normalized spacial score (nSPS) is 11.4. The van der Waals surface area contributed by atoms with Crippen LogP contribution in [-0.2, 0) is 0 Å². The molecule has 0 unspecified atom stereocenters. The number of hydrogen-bond acceptors (Lipinski definition) is 3. The number of hydrogen-bond donors (Lipinski definition) is 4. The fourth-order valence-corrected chi connectivity index (χ4v) is 1.25. The summed E-state index contributed by atoms with van der Waals surface area (Å²) in [5.74, 6) is 5.29. The number of hydrazine groups is 1. The molecule has 0 aliphatic carbocycles. The second-order valence-electron chi connectivity index (χ2n) is 3.79. The molecule has 6 N–H and O–H groups in total. The Bertz CT molecular complexity index is 428. The summed E-state index contributed by atoms with van der Waals surface area (Å²) < 4.78 is 0. The SMILES string of the molecule is CC(C)N=C(NN)Nc1cccc(C(N)=O)c1. The van der Waals surface area contributed by atoms with Crippen LogP contribution < -0.4 is 22.3 Å². The molecule has 0 aliphatic rings. The average molecular weight is 235 g/mol.